The number of nitriles is 1. The number of fused-ring (bicyclic) bond motifs is 1. The Kier molecular flexibility index (Phi) is 6.72. The van der Waals surface area contributed by atoms with E-state index in [0.29, 0.717) is 48.9 Å². The summed E-state index contributed by atoms with van der Waals surface area (Å²) in [5, 5.41) is 17.7. The molecule has 190 valence electrons. The number of carbonyl (C=O) groups excluding carboxylic acids is 1. The van der Waals surface area contributed by atoms with Crippen molar-refractivity contribution in [2.45, 2.75) is 46.6 Å². The van der Waals surface area contributed by atoms with Gasteiger partial charge in [0.15, 0.2) is 5.65 Å². The summed E-state index contributed by atoms with van der Waals surface area (Å²) in [4.78, 5) is 26.4. The maximum absolute atomic E-state index is 13.0. The fraction of sp³-hybridized carbons (Fsp3) is 0.407. The third kappa shape index (κ3) is 4.82. The van der Waals surface area contributed by atoms with Crippen LogP contribution < -0.4 is 0 Å². The van der Waals surface area contributed by atoms with Crippen LogP contribution in [-0.4, -0.2) is 66.6 Å². The molecule has 0 spiro atoms. The molecule has 1 aliphatic heterocycles. The Hall–Kier alpha value is -4.10. The highest BCUT2D eigenvalue weighted by molar-refractivity contribution is 5.76. The van der Waals surface area contributed by atoms with Crippen molar-refractivity contribution < 1.29 is 9.32 Å². The van der Waals surface area contributed by atoms with Crippen molar-refractivity contribution in [1.82, 2.24) is 34.5 Å². The van der Waals surface area contributed by atoms with Gasteiger partial charge in [0.2, 0.25) is 17.6 Å². The largest absolute Gasteiger partial charge is 0.340 e. The zero-order chi connectivity index (χ0) is 26.1. The zero-order valence-corrected chi connectivity index (χ0v) is 21.6. The lowest BCUT2D eigenvalue weighted by atomic mass is 10.1. The standard InChI is InChI=1S/C27H30N8O2/c1-17-5-7-21(8-6-17)25-31-27(37-32-25)20(4)33-11-13-34(14-12-33)24(36)10-9-23-18(2)30-26-22(15-28)16-29-35(26)19(23)3/h5-8,16,20H,9-14H2,1-4H3. The molecule has 1 aliphatic rings. The van der Waals surface area contributed by atoms with Crippen LogP contribution in [0.5, 0.6) is 0 Å². The fourth-order valence-corrected chi connectivity index (χ4v) is 4.88. The van der Waals surface area contributed by atoms with E-state index in [9.17, 15) is 10.1 Å². The highest BCUT2D eigenvalue weighted by atomic mass is 16.5. The number of aryl methyl sites for hydroxylation is 3. The maximum Gasteiger partial charge on any atom is 0.244 e. The number of hydrogen-bond acceptors (Lipinski definition) is 8. The first-order valence-electron chi connectivity index (χ1n) is 12.5. The van der Waals surface area contributed by atoms with E-state index in [1.807, 2.05) is 49.9 Å². The van der Waals surface area contributed by atoms with Crippen molar-refractivity contribution in [3.05, 3.63) is 64.4 Å². The summed E-state index contributed by atoms with van der Waals surface area (Å²) in [7, 11) is 0. The lowest BCUT2D eigenvalue weighted by Crippen LogP contribution is -2.49. The number of amides is 1. The Balaban J connectivity index is 1.17. The smallest absolute Gasteiger partial charge is 0.244 e. The first-order chi connectivity index (χ1) is 17.9. The van der Waals surface area contributed by atoms with Crippen LogP contribution in [0.2, 0.25) is 0 Å². The Morgan fingerprint density at radius 3 is 2.54 bits per heavy atom. The molecule has 5 rings (SSSR count). The van der Waals surface area contributed by atoms with Crippen LogP contribution in [0.1, 0.15) is 53.4 Å². The van der Waals surface area contributed by atoms with E-state index in [4.69, 9.17) is 4.52 Å². The second-order valence-electron chi connectivity index (χ2n) is 9.58. The van der Waals surface area contributed by atoms with Crippen molar-refractivity contribution in [2.24, 2.45) is 0 Å². The summed E-state index contributed by atoms with van der Waals surface area (Å²) in [6, 6.07) is 10.2. The summed E-state index contributed by atoms with van der Waals surface area (Å²) in [6.45, 7) is 10.8. The Morgan fingerprint density at radius 2 is 1.84 bits per heavy atom. The van der Waals surface area contributed by atoms with E-state index in [1.165, 1.54) is 11.8 Å². The van der Waals surface area contributed by atoms with E-state index < -0.39 is 0 Å². The zero-order valence-electron chi connectivity index (χ0n) is 21.6. The van der Waals surface area contributed by atoms with E-state index >= 15 is 0 Å². The van der Waals surface area contributed by atoms with Crippen LogP contribution in [0.25, 0.3) is 17.0 Å². The lowest BCUT2D eigenvalue weighted by molar-refractivity contribution is -0.133. The molecule has 37 heavy (non-hydrogen) atoms. The number of piperazine rings is 1. The predicted molar refractivity (Wildman–Crippen MR) is 137 cm³/mol. The Morgan fingerprint density at radius 1 is 1.11 bits per heavy atom. The number of carbonyl (C=O) groups is 1. The van der Waals surface area contributed by atoms with Gasteiger partial charge in [0.1, 0.15) is 11.6 Å². The average molecular weight is 499 g/mol. The van der Waals surface area contributed by atoms with Gasteiger partial charge in [-0.2, -0.15) is 15.3 Å². The van der Waals surface area contributed by atoms with Gasteiger partial charge in [-0.15, -0.1) is 0 Å². The van der Waals surface area contributed by atoms with Crippen LogP contribution in [0.3, 0.4) is 0 Å². The first-order valence-corrected chi connectivity index (χ1v) is 12.5. The van der Waals surface area contributed by atoms with Crippen LogP contribution in [0, 0.1) is 32.1 Å². The van der Waals surface area contributed by atoms with Gasteiger partial charge in [-0.25, -0.2) is 9.50 Å². The van der Waals surface area contributed by atoms with Crippen molar-refractivity contribution in [3.8, 4) is 17.5 Å². The molecule has 0 saturated carbocycles. The number of hydrogen-bond donors (Lipinski definition) is 0. The molecule has 10 nitrogen and oxygen atoms in total. The summed E-state index contributed by atoms with van der Waals surface area (Å²) in [6.07, 6.45) is 2.52. The van der Waals surface area contributed by atoms with E-state index in [-0.39, 0.29) is 11.9 Å². The fourth-order valence-electron chi connectivity index (χ4n) is 4.88. The molecular weight excluding hydrogens is 468 g/mol. The molecule has 0 N–H and O–H groups in total. The minimum Gasteiger partial charge on any atom is -0.340 e. The van der Waals surface area contributed by atoms with Gasteiger partial charge >= 0.3 is 0 Å². The normalized spacial score (nSPS) is 15.2. The molecule has 4 heterocycles. The van der Waals surface area contributed by atoms with Crippen molar-refractivity contribution in [2.75, 3.05) is 26.2 Å². The van der Waals surface area contributed by atoms with Gasteiger partial charge in [0, 0.05) is 49.6 Å². The van der Waals surface area contributed by atoms with Crippen molar-refractivity contribution >= 4 is 11.6 Å². The molecule has 10 heteroatoms. The van der Waals surface area contributed by atoms with Crippen LogP contribution in [-0.2, 0) is 11.2 Å². The molecule has 4 aromatic rings. The highest BCUT2D eigenvalue weighted by Gasteiger charge is 2.28. The molecule has 1 aromatic carbocycles. The quantitative estimate of drug-likeness (QED) is 0.397. The molecule has 0 aliphatic carbocycles. The van der Waals surface area contributed by atoms with Crippen LogP contribution in [0.4, 0.5) is 0 Å². The number of rotatable bonds is 6. The monoisotopic (exact) mass is 498 g/mol. The second-order valence-corrected chi connectivity index (χ2v) is 9.58. The Bertz CT molecular complexity index is 1470. The average Bonchev–Trinajstić information content (AvgIpc) is 3.56. The van der Waals surface area contributed by atoms with Gasteiger partial charge in [-0.3, -0.25) is 9.69 Å². The molecule has 0 radical (unpaired) electrons. The van der Waals surface area contributed by atoms with Gasteiger partial charge in [0.25, 0.3) is 0 Å². The molecule has 3 aromatic heterocycles. The summed E-state index contributed by atoms with van der Waals surface area (Å²) >= 11 is 0. The number of benzene rings is 1. The third-order valence-electron chi connectivity index (χ3n) is 7.24. The maximum atomic E-state index is 13.0. The first kappa shape index (κ1) is 24.6. The van der Waals surface area contributed by atoms with Crippen LogP contribution >= 0.6 is 0 Å². The summed E-state index contributed by atoms with van der Waals surface area (Å²) in [5.74, 6) is 1.30. The van der Waals surface area contributed by atoms with Gasteiger partial charge in [-0.05, 0) is 39.7 Å². The topological polar surface area (TPSA) is 116 Å². The molecule has 0 bridgehead atoms. The van der Waals surface area contributed by atoms with E-state index in [0.717, 1.165) is 35.6 Å². The summed E-state index contributed by atoms with van der Waals surface area (Å²) in [5.41, 5.74) is 5.88. The lowest BCUT2D eigenvalue weighted by Gasteiger charge is -2.36. The van der Waals surface area contributed by atoms with Crippen LogP contribution in [0.15, 0.2) is 35.0 Å². The molecule has 1 atom stereocenters. The Labute approximate surface area is 215 Å². The summed E-state index contributed by atoms with van der Waals surface area (Å²) < 4.78 is 7.26. The molecule has 1 unspecified atom stereocenters. The van der Waals surface area contributed by atoms with Gasteiger partial charge in [0.05, 0.1) is 12.2 Å². The van der Waals surface area contributed by atoms with E-state index in [2.05, 4.69) is 38.1 Å². The molecule has 1 fully saturated rings. The van der Waals surface area contributed by atoms with Crippen molar-refractivity contribution in [3.63, 3.8) is 0 Å². The van der Waals surface area contributed by atoms with E-state index in [1.54, 1.807) is 4.52 Å². The number of nitrogens with zero attached hydrogens (tertiary/aromatic N) is 8. The molecule has 1 saturated heterocycles. The predicted octanol–water partition coefficient (Wildman–Crippen LogP) is 3.41. The minimum absolute atomic E-state index is 0.0283. The van der Waals surface area contributed by atoms with Gasteiger partial charge in [-0.1, -0.05) is 35.0 Å². The molecular formula is C27H30N8O2. The second kappa shape index (κ2) is 10.1. The van der Waals surface area contributed by atoms with Gasteiger partial charge < -0.3 is 9.42 Å². The number of aromatic nitrogens is 5. The SMILES string of the molecule is Cc1ccc(-c2noc(C(C)N3CCN(C(=O)CCc4c(C)nc5c(C#N)cnn5c4C)CC3)n2)cc1. The third-order valence-corrected chi connectivity index (χ3v) is 7.24. The minimum atomic E-state index is -0.0283. The molecule has 1 amide bonds. The van der Waals surface area contributed by atoms with Crippen molar-refractivity contribution in [1.29, 1.82) is 5.26 Å². The highest BCUT2D eigenvalue weighted by Crippen LogP contribution is 2.24.